The average molecular weight is 560 g/mol. The van der Waals surface area contributed by atoms with Crippen LogP contribution in [0.25, 0.3) is 16.6 Å². The van der Waals surface area contributed by atoms with E-state index >= 15 is 0 Å². The molecular weight excluding hydrogens is 531 g/mol. The minimum atomic E-state index is -3.89. The molecule has 1 saturated heterocycles. The van der Waals surface area contributed by atoms with Crippen LogP contribution in [0.1, 0.15) is 30.0 Å². The first-order valence-corrected chi connectivity index (χ1v) is 14.2. The van der Waals surface area contributed by atoms with Crippen LogP contribution in [0.2, 0.25) is 0 Å². The predicted octanol–water partition coefficient (Wildman–Crippen LogP) is 3.69. The van der Waals surface area contributed by atoms with Gasteiger partial charge in [-0.1, -0.05) is 0 Å². The van der Waals surface area contributed by atoms with Crippen LogP contribution in [0, 0.1) is 18.7 Å². The van der Waals surface area contributed by atoms with Gasteiger partial charge in [-0.3, -0.25) is 4.90 Å². The number of benzene rings is 2. The molecule has 0 spiro atoms. The molecule has 1 aliphatic carbocycles. The topological polar surface area (TPSA) is 89.2 Å². The second kappa shape index (κ2) is 9.42. The Bertz CT molecular complexity index is 1630. The van der Waals surface area contributed by atoms with Crippen molar-refractivity contribution in [1.29, 1.82) is 0 Å². The highest BCUT2D eigenvalue weighted by Crippen LogP contribution is 2.44. The van der Waals surface area contributed by atoms with Crippen LogP contribution in [0.5, 0.6) is 0 Å². The molecule has 0 N–H and O–H groups in total. The Balaban J connectivity index is 1.35. The van der Waals surface area contributed by atoms with Crippen LogP contribution in [-0.2, 0) is 17.1 Å². The zero-order chi connectivity index (χ0) is 27.5. The Morgan fingerprint density at radius 1 is 1.05 bits per heavy atom. The van der Waals surface area contributed by atoms with Gasteiger partial charge in [-0.25, -0.2) is 26.3 Å². The number of halogens is 3. The van der Waals surface area contributed by atoms with Crippen LogP contribution in [0.3, 0.4) is 0 Å². The first-order chi connectivity index (χ1) is 18.5. The van der Waals surface area contributed by atoms with Gasteiger partial charge in [0.2, 0.25) is 10.9 Å². The zero-order valence-corrected chi connectivity index (χ0v) is 22.3. The van der Waals surface area contributed by atoms with Crippen molar-refractivity contribution in [1.82, 2.24) is 34.0 Å². The fraction of sp³-hybridized carbons (Fsp3) is 0.423. The van der Waals surface area contributed by atoms with Gasteiger partial charge in [0.05, 0.1) is 23.6 Å². The number of rotatable bonds is 6. The number of piperazine rings is 1. The molecule has 1 atom stereocenters. The van der Waals surface area contributed by atoms with E-state index in [4.69, 9.17) is 0 Å². The molecule has 0 amide bonds. The second-order valence-electron chi connectivity index (χ2n) is 10.5. The van der Waals surface area contributed by atoms with Crippen LogP contribution in [0.4, 0.5) is 13.2 Å². The summed E-state index contributed by atoms with van der Waals surface area (Å²) in [4.78, 5) is 3.33. The lowest BCUT2D eigenvalue weighted by Gasteiger charge is -2.45. The number of sulfonamides is 1. The highest BCUT2D eigenvalue weighted by atomic mass is 32.2. The lowest BCUT2D eigenvalue weighted by atomic mass is 9.80. The zero-order valence-electron chi connectivity index (χ0n) is 21.5. The molecule has 13 heteroatoms. The van der Waals surface area contributed by atoms with Crippen LogP contribution >= 0.6 is 0 Å². The van der Waals surface area contributed by atoms with Crippen molar-refractivity contribution in [3.63, 3.8) is 0 Å². The summed E-state index contributed by atoms with van der Waals surface area (Å²) >= 11 is 0. The summed E-state index contributed by atoms with van der Waals surface area (Å²) < 4.78 is 70.6. The summed E-state index contributed by atoms with van der Waals surface area (Å²) in [6, 6.07) is 9.67. The number of alkyl halides is 2. The van der Waals surface area contributed by atoms with Crippen molar-refractivity contribution in [2.45, 2.75) is 36.8 Å². The predicted molar refractivity (Wildman–Crippen MR) is 138 cm³/mol. The highest BCUT2D eigenvalue weighted by molar-refractivity contribution is 7.89. The third-order valence-corrected chi connectivity index (χ3v) is 9.42. The van der Waals surface area contributed by atoms with Crippen molar-refractivity contribution in [2.75, 3.05) is 26.2 Å². The summed E-state index contributed by atoms with van der Waals surface area (Å²) in [5.74, 6) is -3.10. The molecule has 0 bridgehead atoms. The number of aromatic nitrogens is 5. The lowest BCUT2D eigenvalue weighted by molar-refractivity contribution is -0.120. The molecule has 2 aromatic carbocycles. The van der Waals surface area contributed by atoms with Gasteiger partial charge in [0.15, 0.2) is 0 Å². The first kappa shape index (κ1) is 26.0. The van der Waals surface area contributed by atoms with E-state index in [1.54, 1.807) is 30.1 Å². The first-order valence-electron chi connectivity index (χ1n) is 12.7. The summed E-state index contributed by atoms with van der Waals surface area (Å²) in [5, 5.41) is 13.1. The molecule has 9 nitrogen and oxygen atoms in total. The molecule has 3 heterocycles. The Morgan fingerprint density at radius 3 is 2.46 bits per heavy atom. The van der Waals surface area contributed by atoms with Gasteiger partial charge in [-0.2, -0.15) is 19.3 Å². The van der Waals surface area contributed by atoms with Gasteiger partial charge < -0.3 is 0 Å². The van der Waals surface area contributed by atoms with Crippen LogP contribution in [0.15, 0.2) is 53.8 Å². The van der Waals surface area contributed by atoms with E-state index in [0.29, 0.717) is 18.8 Å². The molecule has 2 aromatic heterocycles. The molecule has 6 rings (SSSR count). The molecule has 2 aliphatic rings. The third kappa shape index (κ3) is 4.83. The van der Waals surface area contributed by atoms with E-state index in [2.05, 4.69) is 20.2 Å². The van der Waals surface area contributed by atoms with Crippen LogP contribution < -0.4 is 0 Å². The average Bonchev–Trinajstić information content (AvgIpc) is 3.49. The third-order valence-electron chi connectivity index (χ3n) is 7.69. The number of hydrogen-bond donors (Lipinski definition) is 0. The van der Waals surface area contributed by atoms with E-state index in [1.807, 2.05) is 19.1 Å². The number of hydrogen-bond acceptors (Lipinski definition) is 6. The smallest absolute Gasteiger partial charge is 0.264 e. The van der Waals surface area contributed by atoms with E-state index in [9.17, 15) is 21.6 Å². The lowest BCUT2D eigenvalue weighted by Crippen LogP contribution is -2.53. The van der Waals surface area contributed by atoms with Gasteiger partial charge in [-0.15, -0.1) is 5.10 Å². The van der Waals surface area contributed by atoms with Crippen molar-refractivity contribution in [3.8, 4) is 5.69 Å². The Labute approximate surface area is 223 Å². The fourth-order valence-electron chi connectivity index (χ4n) is 5.69. The molecule has 39 heavy (non-hydrogen) atoms. The molecule has 2 fully saturated rings. The molecule has 4 aromatic rings. The van der Waals surface area contributed by atoms with Crippen molar-refractivity contribution >= 4 is 20.9 Å². The Morgan fingerprint density at radius 2 is 1.79 bits per heavy atom. The molecule has 1 aliphatic heterocycles. The molecule has 206 valence electrons. The maximum atomic E-state index is 13.6. The van der Waals surface area contributed by atoms with Gasteiger partial charge in [0, 0.05) is 57.5 Å². The minimum Gasteiger partial charge on any atom is -0.293 e. The van der Waals surface area contributed by atoms with Gasteiger partial charge in [0.25, 0.3) is 10.0 Å². The number of nitrogens with zero attached hydrogens (tertiary/aromatic N) is 7. The van der Waals surface area contributed by atoms with Gasteiger partial charge in [-0.05, 0) is 60.4 Å². The summed E-state index contributed by atoms with van der Waals surface area (Å²) in [6.07, 6.45) is 2.64. The van der Waals surface area contributed by atoms with Crippen molar-refractivity contribution < 1.29 is 21.6 Å². The second-order valence-corrected chi connectivity index (χ2v) is 12.4. The molecule has 0 unspecified atom stereocenters. The maximum absolute atomic E-state index is 13.6. The van der Waals surface area contributed by atoms with Gasteiger partial charge >= 0.3 is 0 Å². The maximum Gasteiger partial charge on any atom is 0.264 e. The van der Waals surface area contributed by atoms with Gasteiger partial charge in [0.1, 0.15) is 5.82 Å². The van der Waals surface area contributed by atoms with Crippen molar-refractivity contribution in [2.24, 2.45) is 13.0 Å². The Hall–Kier alpha value is -3.29. The largest absolute Gasteiger partial charge is 0.293 e. The normalized spacial score (nSPS) is 20.9. The number of fused-ring (bicyclic) bond motifs is 1. The SMILES string of the molecule is Cc1cc2c(cnn2-c2ccc(F)cc2)cc1[C@@H]1CN(S(=O)(=O)c2cnn(C)n2)CCN1CC1CC(F)(F)C1. The Kier molecular flexibility index (Phi) is 6.27. The monoisotopic (exact) mass is 559 g/mol. The highest BCUT2D eigenvalue weighted by Gasteiger charge is 2.47. The summed E-state index contributed by atoms with van der Waals surface area (Å²) in [5.41, 5.74) is 3.36. The van der Waals surface area contributed by atoms with E-state index < -0.39 is 15.9 Å². The minimum absolute atomic E-state index is 0.122. The molecular formula is C26H28F3N7O2S. The van der Waals surface area contributed by atoms with E-state index in [1.165, 1.54) is 27.4 Å². The van der Waals surface area contributed by atoms with Crippen molar-refractivity contribution in [3.05, 3.63) is 65.7 Å². The fourth-order valence-corrected chi connectivity index (χ4v) is 7.02. The number of aryl methyl sites for hydroxylation is 2. The molecule has 0 radical (unpaired) electrons. The quantitative estimate of drug-likeness (QED) is 0.358. The summed E-state index contributed by atoms with van der Waals surface area (Å²) in [7, 11) is -2.34. The summed E-state index contributed by atoms with van der Waals surface area (Å²) in [6.45, 7) is 3.19. The van der Waals surface area contributed by atoms with Crippen LogP contribution in [-0.4, -0.2) is 74.5 Å². The van der Waals surface area contributed by atoms with E-state index in [0.717, 1.165) is 22.0 Å². The van der Waals surface area contributed by atoms with E-state index in [-0.39, 0.29) is 48.7 Å². The molecule has 1 saturated carbocycles. The standard InChI is InChI=1S/C26H28F3N7O2S/c1-17-9-23-19(13-31-36(23)21-5-3-20(27)4-6-21)10-22(17)24-16-35(39(37,38)25-14-30-33(2)32-25)8-7-34(24)15-18-11-26(28,29)12-18/h3-6,9-10,13-14,18,24H,7-8,11-12,15-16H2,1-2H3/t24-/m0/s1.